The molecule has 0 aliphatic carbocycles. The molecule has 210 valence electrons. The molecule has 1 fully saturated rings. The molecule has 4 atom stereocenters. The largest absolute Gasteiger partial charge is 0.501 e. The fourth-order valence-corrected chi connectivity index (χ4v) is 12.8. The van der Waals surface area contributed by atoms with E-state index in [1.165, 1.54) is 11.4 Å². The minimum Gasteiger partial charge on any atom is -0.396 e. The summed E-state index contributed by atoms with van der Waals surface area (Å²) in [7, 11) is -5.17. The zero-order valence-electron chi connectivity index (χ0n) is 22.0. The van der Waals surface area contributed by atoms with Gasteiger partial charge >= 0.3 is 17.4 Å². The summed E-state index contributed by atoms with van der Waals surface area (Å²) in [4.78, 5) is 10.1. The first-order chi connectivity index (χ1) is 16.5. The van der Waals surface area contributed by atoms with Crippen molar-refractivity contribution in [3.63, 3.8) is 0 Å². The molecule has 0 aromatic rings. The predicted octanol–water partition coefficient (Wildman–Crippen LogP) is 4.69. The molecule has 0 spiro atoms. The highest BCUT2D eigenvalue weighted by Gasteiger charge is 2.44. The molecule has 1 saturated heterocycles. The third-order valence-electron chi connectivity index (χ3n) is 5.38. The van der Waals surface area contributed by atoms with Crippen molar-refractivity contribution in [3.8, 4) is 0 Å². The Morgan fingerprint density at radius 2 is 1.80 bits per heavy atom. The number of hydrogen-bond acceptors (Lipinski definition) is 10. The monoisotopic (exact) mass is 610 g/mol. The van der Waals surface area contributed by atoms with Crippen molar-refractivity contribution in [2.24, 2.45) is 17.8 Å². The van der Waals surface area contributed by atoms with Gasteiger partial charge in [0.2, 0.25) is 5.69 Å². The first-order valence-electron chi connectivity index (χ1n) is 12.5. The summed E-state index contributed by atoms with van der Waals surface area (Å²) in [5.74, 6) is 2.03. The van der Waals surface area contributed by atoms with E-state index in [0.717, 1.165) is 30.7 Å². The quantitative estimate of drug-likeness (QED) is 0.0780. The van der Waals surface area contributed by atoms with E-state index in [2.05, 4.69) is 33.0 Å². The van der Waals surface area contributed by atoms with Crippen LogP contribution in [0.2, 0.25) is 18.6 Å². The Labute approximate surface area is 229 Å². The van der Waals surface area contributed by atoms with Crippen molar-refractivity contribution in [1.29, 1.82) is 0 Å². The van der Waals surface area contributed by atoms with Crippen molar-refractivity contribution < 1.29 is 36.7 Å². The fraction of sp³-hybridized carbons (Fsp3) is 1.00. The van der Waals surface area contributed by atoms with Crippen LogP contribution >= 0.6 is 29.7 Å². The highest BCUT2D eigenvalue weighted by atomic mass is 32.9. The standard InChI is InChI=1S/C21H47O8PS3Si2/c1-6-24-30(23,32)33-10-8-11-34(5,25-14-19(2)13-22)26-15-20(3)16-27-35(12-7-9-31)28-17-21(4)18-29-35/h19-22,31H,6-18H2,1-5H3,(H,23,32). The van der Waals surface area contributed by atoms with Crippen LogP contribution in [-0.2, 0) is 38.5 Å². The van der Waals surface area contributed by atoms with Crippen molar-refractivity contribution in [2.75, 3.05) is 57.8 Å². The van der Waals surface area contributed by atoms with E-state index in [4.69, 9.17) is 38.5 Å². The first-order valence-corrected chi connectivity index (χ1v) is 21.9. The SMILES string of the molecule is CCOP(O)(=S)SCCC[Si](C)(OCC(C)CO)OCC(C)CO[Si]1(CCCS)OCC(C)CO1. The van der Waals surface area contributed by atoms with E-state index in [1.807, 2.05) is 13.8 Å². The van der Waals surface area contributed by atoms with Crippen molar-refractivity contribution in [1.82, 2.24) is 0 Å². The van der Waals surface area contributed by atoms with Gasteiger partial charge in [-0.2, -0.15) is 12.6 Å². The van der Waals surface area contributed by atoms with E-state index in [9.17, 15) is 10.00 Å². The van der Waals surface area contributed by atoms with E-state index in [1.54, 1.807) is 0 Å². The summed E-state index contributed by atoms with van der Waals surface area (Å²) < 4.78 is 36.4. The van der Waals surface area contributed by atoms with Gasteiger partial charge in [0, 0.05) is 69.2 Å². The Morgan fingerprint density at radius 1 is 1.17 bits per heavy atom. The average Bonchev–Trinajstić information content (AvgIpc) is 2.83. The molecule has 2 N–H and O–H groups in total. The van der Waals surface area contributed by atoms with Crippen molar-refractivity contribution >= 4 is 58.9 Å². The molecule has 0 amide bonds. The van der Waals surface area contributed by atoms with Crippen LogP contribution in [0.15, 0.2) is 0 Å². The van der Waals surface area contributed by atoms with Crippen LogP contribution < -0.4 is 0 Å². The van der Waals surface area contributed by atoms with Gasteiger partial charge in [0.05, 0.1) is 6.61 Å². The number of hydrogen-bond donors (Lipinski definition) is 3. The molecule has 1 aliphatic rings. The molecule has 35 heavy (non-hydrogen) atoms. The van der Waals surface area contributed by atoms with Gasteiger partial charge in [-0.3, -0.25) is 0 Å². The average molecular weight is 611 g/mol. The number of rotatable bonds is 20. The molecule has 4 unspecified atom stereocenters. The second-order valence-electron chi connectivity index (χ2n) is 9.52. The van der Waals surface area contributed by atoms with Crippen LogP contribution in [0.4, 0.5) is 0 Å². The maximum atomic E-state index is 10.1. The van der Waals surface area contributed by atoms with E-state index in [-0.39, 0.29) is 18.4 Å². The molecule has 1 aliphatic heterocycles. The molecule has 0 radical (unpaired) electrons. The van der Waals surface area contributed by atoms with Gasteiger partial charge in [-0.1, -0.05) is 32.2 Å². The molecule has 0 aromatic heterocycles. The van der Waals surface area contributed by atoms with Gasteiger partial charge < -0.3 is 36.7 Å². The Kier molecular flexibility index (Phi) is 17.7. The lowest BCUT2D eigenvalue weighted by Crippen LogP contribution is -2.52. The Morgan fingerprint density at radius 3 is 2.37 bits per heavy atom. The lowest BCUT2D eigenvalue weighted by molar-refractivity contribution is -0.0135. The second-order valence-corrected chi connectivity index (χ2v) is 22.3. The Bertz CT molecular complexity index is 614. The summed E-state index contributed by atoms with van der Waals surface area (Å²) in [6.45, 7) is 13.3. The van der Waals surface area contributed by atoms with Gasteiger partial charge in [-0.15, -0.1) is 0 Å². The lowest BCUT2D eigenvalue weighted by Gasteiger charge is -2.36. The molecule has 0 saturated carbocycles. The summed E-state index contributed by atoms with van der Waals surface area (Å²) in [6.07, 6.45) is 1.71. The number of aliphatic hydroxyl groups is 1. The van der Waals surface area contributed by atoms with Gasteiger partial charge in [-0.05, 0) is 49.9 Å². The zero-order valence-corrected chi connectivity index (χ0v) is 27.4. The van der Waals surface area contributed by atoms with Crippen LogP contribution in [-0.4, -0.2) is 85.1 Å². The highest BCUT2D eigenvalue weighted by Crippen LogP contribution is 2.56. The fourth-order valence-electron chi connectivity index (χ4n) is 3.19. The maximum absolute atomic E-state index is 10.1. The minimum absolute atomic E-state index is 0.0443. The Hall–Kier alpha value is 1.46. The van der Waals surface area contributed by atoms with Crippen LogP contribution in [0.5, 0.6) is 0 Å². The summed E-state index contributed by atoms with van der Waals surface area (Å²) in [5.41, 5.74) is -2.77. The van der Waals surface area contributed by atoms with Crippen LogP contribution in [0.3, 0.4) is 0 Å². The van der Waals surface area contributed by atoms with Gasteiger partial charge in [0.25, 0.3) is 0 Å². The number of thiol groups is 1. The van der Waals surface area contributed by atoms with E-state index in [0.29, 0.717) is 51.3 Å². The van der Waals surface area contributed by atoms with Crippen LogP contribution in [0.1, 0.15) is 40.5 Å². The van der Waals surface area contributed by atoms with Gasteiger partial charge in [0.1, 0.15) is 0 Å². The van der Waals surface area contributed by atoms with Crippen LogP contribution in [0, 0.1) is 17.8 Å². The highest BCUT2D eigenvalue weighted by molar-refractivity contribution is 8.67. The zero-order chi connectivity index (χ0) is 26.4. The second kappa shape index (κ2) is 17.9. The van der Waals surface area contributed by atoms with Gasteiger partial charge in [0.15, 0.2) is 0 Å². The number of aliphatic hydroxyl groups excluding tert-OH is 1. The van der Waals surface area contributed by atoms with E-state index < -0.39 is 23.1 Å². The molecule has 14 heteroatoms. The minimum atomic E-state index is -2.77. The molecule has 1 rings (SSSR count). The molecular weight excluding hydrogens is 564 g/mol. The molecule has 0 bridgehead atoms. The van der Waals surface area contributed by atoms with Gasteiger partial charge in [-0.25, -0.2) is 0 Å². The normalized spacial score (nSPS) is 26.1. The predicted molar refractivity (Wildman–Crippen MR) is 155 cm³/mol. The summed E-state index contributed by atoms with van der Waals surface area (Å²) >= 11 is 10.8. The maximum Gasteiger partial charge on any atom is 0.501 e. The lowest BCUT2D eigenvalue weighted by atomic mass is 10.2. The smallest absolute Gasteiger partial charge is 0.396 e. The van der Waals surface area contributed by atoms with Crippen molar-refractivity contribution in [2.45, 2.75) is 59.2 Å². The summed E-state index contributed by atoms with van der Waals surface area (Å²) in [6, 6.07) is 1.54. The van der Waals surface area contributed by atoms with Crippen LogP contribution in [0.25, 0.3) is 0 Å². The molecular formula is C21H47O8PS3Si2. The summed E-state index contributed by atoms with van der Waals surface area (Å²) in [5, 5.41) is 9.40. The molecule has 1 heterocycles. The first kappa shape index (κ1) is 34.5. The van der Waals surface area contributed by atoms with Crippen molar-refractivity contribution in [3.05, 3.63) is 0 Å². The molecule has 8 nitrogen and oxygen atoms in total. The Balaban J connectivity index is 2.60. The third kappa shape index (κ3) is 15.0. The third-order valence-corrected chi connectivity index (χ3v) is 15.8. The van der Waals surface area contributed by atoms with E-state index >= 15 is 0 Å². The topological polar surface area (TPSA) is 95.8 Å². The molecule has 0 aromatic carbocycles.